The topological polar surface area (TPSA) is 76.1 Å². The number of anilines is 1. The third kappa shape index (κ3) is 5.86. The Hall–Kier alpha value is -1.85. The van der Waals surface area contributed by atoms with Gasteiger partial charge >= 0.3 is 0 Å². The van der Waals surface area contributed by atoms with E-state index in [1.54, 1.807) is 12.4 Å². The van der Waals surface area contributed by atoms with Gasteiger partial charge in [-0.1, -0.05) is 20.8 Å². The first-order valence-corrected chi connectivity index (χ1v) is 6.80. The zero-order chi connectivity index (χ0) is 15.2. The predicted octanol–water partition coefficient (Wildman–Crippen LogP) is 1.84. The number of carbonyl (C=O) groups is 1. The number of nitrogens with one attached hydrogen (secondary N) is 2. The molecule has 1 aromatic heterocycles. The molecule has 0 aliphatic heterocycles. The molecule has 0 unspecified atom stereocenters. The maximum atomic E-state index is 11.7. The van der Waals surface area contributed by atoms with Crippen molar-refractivity contribution in [3.8, 4) is 5.88 Å². The Bertz CT molecular complexity index is 441. The number of hydrogen-bond acceptors (Lipinski definition) is 5. The minimum atomic E-state index is -0.370. The Morgan fingerprint density at radius 2 is 2.00 bits per heavy atom. The summed E-state index contributed by atoms with van der Waals surface area (Å²) >= 11 is 0. The number of hydrogen-bond donors (Lipinski definition) is 2. The maximum Gasteiger partial charge on any atom is 0.234 e. The molecule has 112 valence electrons. The van der Waals surface area contributed by atoms with E-state index >= 15 is 0 Å². The van der Waals surface area contributed by atoms with Gasteiger partial charge in [0.1, 0.15) is 5.82 Å². The van der Waals surface area contributed by atoms with Gasteiger partial charge in [0.2, 0.25) is 11.8 Å². The van der Waals surface area contributed by atoms with Crippen molar-refractivity contribution in [3.63, 3.8) is 0 Å². The van der Waals surface area contributed by atoms with E-state index in [9.17, 15) is 4.79 Å². The van der Waals surface area contributed by atoms with E-state index in [4.69, 9.17) is 4.74 Å². The van der Waals surface area contributed by atoms with Crippen LogP contribution < -0.4 is 15.4 Å². The molecule has 0 saturated carbocycles. The highest BCUT2D eigenvalue weighted by Crippen LogP contribution is 2.12. The molecule has 0 spiro atoms. The van der Waals surface area contributed by atoms with Crippen LogP contribution in [0.25, 0.3) is 0 Å². The van der Waals surface area contributed by atoms with Gasteiger partial charge in [-0.15, -0.1) is 0 Å². The van der Waals surface area contributed by atoms with Crippen LogP contribution >= 0.6 is 0 Å². The molecule has 0 saturated heterocycles. The van der Waals surface area contributed by atoms with Crippen molar-refractivity contribution in [1.82, 2.24) is 15.3 Å². The molecule has 0 radical (unpaired) electrons. The van der Waals surface area contributed by atoms with Gasteiger partial charge < -0.3 is 15.4 Å². The summed E-state index contributed by atoms with van der Waals surface area (Å²) in [4.78, 5) is 20.0. The summed E-state index contributed by atoms with van der Waals surface area (Å²) in [5.74, 6) is 1.15. The minimum Gasteiger partial charge on any atom is -0.474 e. The lowest BCUT2D eigenvalue weighted by Gasteiger charge is -2.17. The SMILES string of the molecule is CC(C)Oc1cncc(NCCNC(=O)C(C)(C)C)n1. The minimum absolute atomic E-state index is 0.0299. The van der Waals surface area contributed by atoms with Crippen LogP contribution in [0.5, 0.6) is 5.88 Å². The van der Waals surface area contributed by atoms with E-state index in [1.807, 2.05) is 34.6 Å². The fourth-order valence-corrected chi connectivity index (χ4v) is 1.36. The molecular formula is C14H24N4O2. The van der Waals surface area contributed by atoms with Gasteiger partial charge in [0.25, 0.3) is 0 Å². The second kappa shape index (κ2) is 7.07. The lowest BCUT2D eigenvalue weighted by Crippen LogP contribution is -2.37. The molecule has 0 aromatic carbocycles. The van der Waals surface area contributed by atoms with Crippen LogP contribution in [0.3, 0.4) is 0 Å². The largest absolute Gasteiger partial charge is 0.474 e. The van der Waals surface area contributed by atoms with Gasteiger partial charge in [-0.25, -0.2) is 0 Å². The van der Waals surface area contributed by atoms with Gasteiger partial charge in [-0.3, -0.25) is 9.78 Å². The molecule has 0 bridgehead atoms. The summed E-state index contributed by atoms with van der Waals surface area (Å²) < 4.78 is 5.46. The van der Waals surface area contributed by atoms with Crippen LogP contribution in [0.15, 0.2) is 12.4 Å². The average Bonchev–Trinajstić information content (AvgIpc) is 2.32. The summed E-state index contributed by atoms with van der Waals surface area (Å²) in [7, 11) is 0. The Morgan fingerprint density at radius 1 is 1.30 bits per heavy atom. The van der Waals surface area contributed by atoms with Gasteiger partial charge in [-0.2, -0.15) is 4.98 Å². The maximum absolute atomic E-state index is 11.7. The molecule has 6 heteroatoms. The molecular weight excluding hydrogens is 256 g/mol. The van der Waals surface area contributed by atoms with Gasteiger partial charge in [-0.05, 0) is 13.8 Å². The second-order valence-corrected chi connectivity index (χ2v) is 5.84. The second-order valence-electron chi connectivity index (χ2n) is 5.84. The fourth-order valence-electron chi connectivity index (χ4n) is 1.36. The molecule has 6 nitrogen and oxygen atoms in total. The Labute approximate surface area is 120 Å². The van der Waals surface area contributed by atoms with Crippen LogP contribution in [0.4, 0.5) is 5.82 Å². The number of aromatic nitrogens is 2. The summed E-state index contributed by atoms with van der Waals surface area (Å²) in [5, 5.41) is 5.96. The first-order valence-electron chi connectivity index (χ1n) is 6.80. The Morgan fingerprint density at radius 3 is 2.60 bits per heavy atom. The van der Waals surface area contributed by atoms with Crippen molar-refractivity contribution in [2.24, 2.45) is 5.41 Å². The number of nitrogens with zero attached hydrogens (tertiary/aromatic N) is 2. The van der Waals surface area contributed by atoms with Gasteiger partial charge in [0, 0.05) is 18.5 Å². The van der Waals surface area contributed by atoms with Crippen molar-refractivity contribution in [3.05, 3.63) is 12.4 Å². The summed E-state index contributed by atoms with van der Waals surface area (Å²) in [5.41, 5.74) is -0.370. The van der Waals surface area contributed by atoms with E-state index < -0.39 is 0 Å². The molecule has 0 aliphatic carbocycles. The highest BCUT2D eigenvalue weighted by atomic mass is 16.5. The van der Waals surface area contributed by atoms with Crippen LogP contribution in [0.2, 0.25) is 0 Å². The zero-order valence-corrected chi connectivity index (χ0v) is 12.9. The van der Waals surface area contributed by atoms with Crippen molar-refractivity contribution < 1.29 is 9.53 Å². The van der Waals surface area contributed by atoms with E-state index in [-0.39, 0.29) is 17.4 Å². The van der Waals surface area contributed by atoms with Gasteiger partial charge in [0.05, 0.1) is 18.5 Å². The van der Waals surface area contributed by atoms with Crippen LogP contribution in [0.1, 0.15) is 34.6 Å². The first kappa shape index (κ1) is 16.2. The molecule has 0 aliphatic rings. The normalized spacial score (nSPS) is 11.3. The Kier molecular flexibility index (Phi) is 5.73. The average molecular weight is 280 g/mol. The monoisotopic (exact) mass is 280 g/mol. The van der Waals surface area contributed by atoms with Crippen LogP contribution in [-0.4, -0.2) is 35.1 Å². The van der Waals surface area contributed by atoms with Crippen molar-refractivity contribution >= 4 is 11.7 Å². The summed E-state index contributed by atoms with van der Waals surface area (Å²) in [6.45, 7) is 10.6. The highest BCUT2D eigenvalue weighted by molar-refractivity contribution is 5.81. The molecule has 1 rings (SSSR count). The van der Waals surface area contributed by atoms with Gasteiger partial charge in [0.15, 0.2) is 0 Å². The number of carbonyl (C=O) groups excluding carboxylic acids is 1. The molecule has 1 amide bonds. The van der Waals surface area contributed by atoms with Crippen molar-refractivity contribution in [2.75, 3.05) is 18.4 Å². The lowest BCUT2D eigenvalue weighted by molar-refractivity contribution is -0.128. The third-order valence-corrected chi connectivity index (χ3v) is 2.37. The number of rotatable bonds is 6. The van der Waals surface area contributed by atoms with Crippen molar-refractivity contribution in [2.45, 2.75) is 40.7 Å². The molecule has 1 aromatic rings. The molecule has 0 fully saturated rings. The standard InChI is InChI=1S/C14H24N4O2/c1-10(2)20-12-9-15-8-11(18-12)16-6-7-17-13(19)14(3,4)5/h8-10H,6-7H2,1-5H3,(H,16,18)(H,17,19). The summed E-state index contributed by atoms with van der Waals surface area (Å²) in [6, 6.07) is 0. The molecule has 1 heterocycles. The molecule has 20 heavy (non-hydrogen) atoms. The van der Waals surface area contributed by atoms with E-state index in [0.717, 1.165) is 0 Å². The zero-order valence-electron chi connectivity index (χ0n) is 12.9. The van der Waals surface area contributed by atoms with Crippen LogP contribution in [0, 0.1) is 5.41 Å². The van der Waals surface area contributed by atoms with E-state index in [1.165, 1.54) is 0 Å². The fraction of sp³-hybridized carbons (Fsp3) is 0.643. The third-order valence-electron chi connectivity index (χ3n) is 2.37. The number of amides is 1. The summed E-state index contributed by atoms with van der Waals surface area (Å²) in [6.07, 6.45) is 3.26. The van der Waals surface area contributed by atoms with E-state index in [0.29, 0.717) is 24.8 Å². The van der Waals surface area contributed by atoms with E-state index in [2.05, 4.69) is 20.6 Å². The van der Waals surface area contributed by atoms with Crippen molar-refractivity contribution in [1.29, 1.82) is 0 Å². The predicted molar refractivity (Wildman–Crippen MR) is 78.8 cm³/mol. The van der Waals surface area contributed by atoms with Crippen LogP contribution in [-0.2, 0) is 4.79 Å². The molecule has 0 atom stereocenters. The molecule has 2 N–H and O–H groups in total. The Balaban J connectivity index is 2.37. The highest BCUT2D eigenvalue weighted by Gasteiger charge is 2.20. The number of ether oxygens (including phenoxy) is 1. The first-order chi connectivity index (χ1) is 9.29. The lowest BCUT2D eigenvalue weighted by atomic mass is 9.96. The quantitative estimate of drug-likeness (QED) is 0.778. The smallest absolute Gasteiger partial charge is 0.234 e.